The maximum Gasteiger partial charge on any atom is 0.0226 e. The average molecular weight is 298 g/mol. The quantitative estimate of drug-likeness (QED) is 0.585. The standard InChI is InChI=1S/C18H18S2/c1-3-9-17(10-4-1)15-19-13-7-8-14-20-16-18-11-5-2-6-12-18/h1-14H,15-16H2/b13-7-,14-8-. The summed E-state index contributed by atoms with van der Waals surface area (Å²) >= 11 is 3.64. The predicted octanol–water partition coefficient (Wildman–Crippen LogP) is 5.88. The van der Waals surface area contributed by atoms with Crippen molar-refractivity contribution < 1.29 is 0 Å². The van der Waals surface area contributed by atoms with Crippen molar-refractivity contribution in [3.8, 4) is 0 Å². The fourth-order valence-electron chi connectivity index (χ4n) is 1.64. The third kappa shape index (κ3) is 6.18. The van der Waals surface area contributed by atoms with Gasteiger partial charge in [0.25, 0.3) is 0 Å². The van der Waals surface area contributed by atoms with Crippen LogP contribution in [-0.4, -0.2) is 0 Å². The first-order valence-electron chi connectivity index (χ1n) is 6.58. The van der Waals surface area contributed by atoms with E-state index in [1.54, 1.807) is 0 Å². The lowest BCUT2D eigenvalue weighted by atomic mass is 10.2. The van der Waals surface area contributed by atoms with Gasteiger partial charge in [0.05, 0.1) is 0 Å². The van der Waals surface area contributed by atoms with Gasteiger partial charge in [0.2, 0.25) is 0 Å². The van der Waals surface area contributed by atoms with Gasteiger partial charge in [-0.3, -0.25) is 0 Å². The van der Waals surface area contributed by atoms with Crippen molar-refractivity contribution in [2.24, 2.45) is 0 Å². The first-order valence-corrected chi connectivity index (χ1v) is 8.67. The minimum atomic E-state index is 1.03. The van der Waals surface area contributed by atoms with Gasteiger partial charge in [-0.25, -0.2) is 0 Å². The molecule has 0 saturated carbocycles. The molecule has 0 unspecified atom stereocenters. The van der Waals surface area contributed by atoms with E-state index in [1.165, 1.54) is 11.1 Å². The molecule has 0 amide bonds. The van der Waals surface area contributed by atoms with Crippen molar-refractivity contribution in [3.63, 3.8) is 0 Å². The van der Waals surface area contributed by atoms with Gasteiger partial charge < -0.3 is 0 Å². The van der Waals surface area contributed by atoms with E-state index >= 15 is 0 Å². The van der Waals surface area contributed by atoms with Crippen molar-refractivity contribution in [1.82, 2.24) is 0 Å². The molecule has 0 fully saturated rings. The average Bonchev–Trinajstić information content (AvgIpc) is 2.52. The number of benzene rings is 2. The lowest BCUT2D eigenvalue weighted by Crippen LogP contribution is -1.75. The van der Waals surface area contributed by atoms with E-state index in [2.05, 4.69) is 83.6 Å². The number of allylic oxidation sites excluding steroid dienone is 2. The van der Waals surface area contributed by atoms with Crippen LogP contribution in [0.15, 0.2) is 83.6 Å². The second-order valence-electron chi connectivity index (χ2n) is 4.25. The minimum Gasteiger partial charge on any atom is -0.129 e. The number of hydrogen-bond donors (Lipinski definition) is 0. The fraction of sp³-hybridized carbons (Fsp3) is 0.111. The zero-order valence-electron chi connectivity index (χ0n) is 11.3. The summed E-state index contributed by atoms with van der Waals surface area (Å²) in [5.74, 6) is 2.06. The molecular formula is C18H18S2. The maximum absolute atomic E-state index is 2.16. The van der Waals surface area contributed by atoms with Gasteiger partial charge in [-0.15, -0.1) is 23.5 Å². The molecule has 0 aliphatic carbocycles. The molecule has 0 atom stereocenters. The van der Waals surface area contributed by atoms with Crippen LogP contribution in [0.4, 0.5) is 0 Å². The summed E-state index contributed by atoms with van der Waals surface area (Å²) in [6.07, 6.45) is 4.21. The molecular weight excluding hydrogens is 280 g/mol. The van der Waals surface area contributed by atoms with Gasteiger partial charge in [0.1, 0.15) is 0 Å². The van der Waals surface area contributed by atoms with Gasteiger partial charge >= 0.3 is 0 Å². The van der Waals surface area contributed by atoms with Crippen molar-refractivity contribution >= 4 is 23.5 Å². The van der Waals surface area contributed by atoms with E-state index in [0.717, 1.165) is 11.5 Å². The number of hydrogen-bond acceptors (Lipinski definition) is 2. The Bertz CT molecular complexity index is 478. The largest absolute Gasteiger partial charge is 0.129 e. The minimum absolute atomic E-state index is 1.03. The molecule has 0 heterocycles. The van der Waals surface area contributed by atoms with Crippen molar-refractivity contribution in [2.45, 2.75) is 11.5 Å². The number of thioether (sulfide) groups is 2. The fourth-order valence-corrected chi connectivity index (χ4v) is 3.00. The number of rotatable bonds is 7. The SMILES string of the molecule is C(/C=C\SCc1ccccc1)=C/SCc1ccccc1. The van der Waals surface area contributed by atoms with Crippen LogP contribution in [-0.2, 0) is 11.5 Å². The molecule has 2 aromatic rings. The lowest BCUT2D eigenvalue weighted by molar-refractivity contribution is 1.42. The van der Waals surface area contributed by atoms with Crippen LogP contribution >= 0.6 is 23.5 Å². The highest BCUT2D eigenvalue weighted by Crippen LogP contribution is 2.14. The van der Waals surface area contributed by atoms with Crippen LogP contribution in [0, 0.1) is 0 Å². The van der Waals surface area contributed by atoms with E-state index in [-0.39, 0.29) is 0 Å². The smallest absolute Gasteiger partial charge is 0.0226 e. The summed E-state index contributed by atoms with van der Waals surface area (Å²) in [5.41, 5.74) is 2.73. The highest BCUT2D eigenvalue weighted by molar-refractivity contribution is 8.01. The summed E-state index contributed by atoms with van der Waals surface area (Å²) in [4.78, 5) is 0. The van der Waals surface area contributed by atoms with E-state index in [9.17, 15) is 0 Å². The molecule has 0 spiro atoms. The zero-order chi connectivity index (χ0) is 13.9. The van der Waals surface area contributed by atoms with E-state index in [4.69, 9.17) is 0 Å². The van der Waals surface area contributed by atoms with Crippen molar-refractivity contribution in [2.75, 3.05) is 0 Å². The highest BCUT2D eigenvalue weighted by atomic mass is 32.2. The first-order chi connectivity index (χ1) is 9.95. The Kier molecular flexibility index (Phi) is 7.14. The Morgan fingerprint density at radius 3 is 1.40 bits per heavy atom. The third-order valence-electron chi connectivity index (χ3n) is 2.65. The van der Waals surface area contributed by atoms with Crippen LogP contribution in [0.1, 0.15) is 11.1 Å². The summed E-state index contributed by atoms with van der Waals surface area (Å²) in [5, 5.41) is 4.29. The van der Waals surface area contributed by atoms with E-state index in [1.807, 2.05) is 23.5 Å². The van der Waals surface area contributed by atoms with Gasteiger partial charge in [0.15, 0.2) is 0 Å². The monoisotopic (exact) mass is 298 g/mol. The summed E-state index contributed by atoms with van der Waals surface area (Å²) in [6, 6.07) is 21.1. The first kappa shape index (κ1) is 15.0. The molecule has 0 N–H and O–H groups in total. The molecule has 2 rings (SSSR count). The van der Waals surface area contributed by atoms with Crippen LogP contribution in [0.2, 0.25) is 0 Å². The molecule has 0 aromatic heterocycles. The van der Waals surface area contributed by atoms with Crippen molar-refractivity contribution in [1.29, 1.82) is 0 Å². The molecule has 102 valence electrons. The topological polar surface area (TPSA) is 0 Å². The Hall–Kier alpha value is -1.38. The Morgan fingerprint density at radius 1 is 0.600 bits per heavy atom. The summed E-state index contributed by atoms with van der Waals surface area (Å²) in [6.45, 7) is 0. The Morgan fingerprint density at radius 2 is 1.00 bits per heavy atom. The highest BCUT2D eigenvalue weighted by Gasteiger charge is 1.88. The summed E-state index contributed by atoms with van der Waals surface area (Å²) in [7, 11) is 0. The zero-order valence-corrected chi connectivity index (χ0v) is 12.9. The Balaban J connectivity index is 1.60. The lowest BCUT2D eigenvalue weighted by Gasteiger charge is -1.96. The molecule has 0 aliphatic heterocycles. The molecule has 0 saturated heterocycles. The van der Waals surface area contributed by atoms with Gasteiger partial charge in [0, 0.05) is 11.5 Å². The second-order valence-corrected chi connectivity index (χ2v) is 6.04. The third-order valence-corrected chi connectivity index (χ3v) is 4.35. The van der Waals surface area contributed by atoms with Crippen LogP contribution < -0.4 is 0 Å². The molecule has 0 aliphatic rings. The van der Waals surface area contributed by atoms with Crippen LogP contribution in [0.25, 0.3) is 0 Å². The van der Waals surface area contributed by atoms with E-state index < -0.39 is 0 Å². The Labute approximate surface area is 130 Å². The molecule has 0 bridgehead atoms. The molecule has 20 heavy (non-hydrogen) atoms. The maximum atomic E-state index is 2.16. The van der Waals surface area contributed by atoms with Gasteiger partial charge in [-0.05, 0) is 21.9 Å². The molecule has 2 heteroatoms. The van der Waals surface area contributed by atoms with E-state index in [0.29, 0.717) is 0 Å². The summed E-state index contributed by atoms with van der Waals surface area (Å²) < 4.78 is 0. The molecule has 2 aromatic carbocycles. The van der Waals surface area contributed by atoms with Gasteiger partial charge in [-0.1, -0.05) is 72.8 Å². The molecule has 0 nitrogen and oxygen atoms in total. The predicted molar refractivity (Wildman–Crippen MR) is 93.8 cm³/mol. The second kappa shape index (κ2) is 9.51. The van der Waals surface area contributed by atoms with Crippen LogP contribution in [0.3, 0.4) is 0 Å². The molecule has 0 radical (unpaired) electrons. The van der Waals surface area contributed by atoms with Crippen molar-refractivity contribution in [3.05, 3.63) is 94.8 Å². The normalized spacial score (nSPS) is 11.4. The van der Waals surface area contributed by atoms with Crippen LogP contribution in [0.5, 0.6) is 0 Å². The van der Waals surface area contributed by atoms with Gasteiger partial charge in [-0.2, -0.15) is 0 Å².